The number of carbonyl (C=O) groups is 2. The number of carboxylic acid groups (broad SMARTS) is 1. The summed E-state index contributed by atoms with van der Waals surface area (Å²) >= 11 is 5.07. The highest BCUT2D eigenvalue weighted by Crippen LogP contribution is 2.44. The molecule has 2 aliphatic rings. The molecule has 140 valence electrons. The Hall–Kier alpha value is -2.42. The number of carbonyl (C=O) groups excluding carboxylic acids is 1. The van der Waals surface area contributed by atoms with Gasteiger partial charge in [0.2, 0.25) is 0 Å². The minimum absolute atomic E-state index is 0.00572. The third-order valence-corrected chi connectivity index (χ3v) is 5.02. The number of fused-ring (bicyclic) bond motifs is 1. The van der Waals surface area contributed by atoms with Crippen LogP contribution in [0.3, 0.4) is 0 Å². The number of ether oxygens (including phenoxy) is 3. The molecule has 1 saturated heterocycles. The van der Waals surface area contributed by atoms with Gasteiger partial charge in [-0.05, 0) is 48.9 Å². The second kappa shape index (κ2) is 7.45. The highest BCUT2D eigenvalue weighted by atomic mass is 32.1. The highest BCUT2D eigenvalue weighted by Gasteiger charge is 2.53. The quantitative estimate of drug-likeness (QED) is 0.634. The smallest absolute Gasteiger partial charge is 0.408 e. The molecule has 0 spiro atoms. The number of methoxy groups -OCH3 is 1. The van der Waals surface area contributed by atoms with Crippen molar-refractivity contribution in [2.24, 2.45) is 11.8 Å². The van der Waals surface area contributed by atoms with Crippen LogP contribution in [-0.4, -0.2) is 53.1 Å². The second-order valence-corrected chi connectivity index (χ2v) is 6.68. The number of halogens is 1. The molecule has 1 heterocycles. The molecule has 26 heavy (non-hydrogen) atoms. The summed E-state index contributed by atoms with van der Waals surface area (Å²) in [6, 6.07) is 4.54. The van der Waals surface area contributed by atoms with E-state index < -0.39 is 18.1 Å². The number of likely N-dealkylation sites (tertiary alicyclic amines) is 1. The number of esters is 1. The van der Waals surface area contributed by atoms with Gasteiger partial charge in [-0.3, -0.25) is 4.90 Å². The summed E-state index contributed by atoms with van der Waals surface area (Å²) in [5, 5.41) is 9.21. The molecule has 1 saturated carbocycles. The van der Waals surface area contributed by atoms with Gasteiger partial charge in [0.25, 0.3) is 0 Å². The van der Waals surface area contributed by atoms with Gasteiger partial charge in [-0.1, -0.05) is 0 Å². The highest BCUT2D eigenvalue weighted by molar-refractivity contribution is 7.79. The molecular formula is C17H18FNO6S. The zero-order chi connectivity index (χ0) is 18.8. The Morgan fingerprint density at radius 2 is 1.96 bits per heavy atom. The summed E-state index contributed by atoms with van der Waals surface area (Å²) in [6.45, 7) is 0.255. The maximum atomic E-state index is 12.9. The zero-order valence-electron chi connectivity index (χ0n) is 14.0. The Labute approximate surface area is 154 Å². The molecule has 9 heteroatoms. The van der Waals surface area contributed by atoms with E-state index in [0.29, 0.717) is 18.6 Å². The standard InChI is InChI=1S/C17H18FNO6S/c1-23-15(20)14-13-7-12(6-9(13)8-19(14)16(21)22)25-17(26)24-11-4-2-10(18)3-5-11/h2-5,9,12-14H,6-8H2,1H3,(H,21,22). The van der Waals surface area contributed by atoms with E-state index in [1.54, 1.807) is 0 Å². The number of rotatable bonds is 3. The van der Waals surface area contributed by atoms with Crippen LogP contribution in [0.15, 0.2) is 24.3 Å². The summed E-state index contributed by atoms with van der Waals surface area (Å²) in [5.41, 5.74) is 0. The van der Waals surface area contributed by atoms with E-state index >= 15 is 0 Å². The van der Waals surface area contributed by atoms with Crippen LogP contribution in [0.4, 0.5) is 9.18 Å². The maximum Gasteiger partial charge on any atom is 0.408 e. The minimum atomic E-state index is -1.14. The first-order valence-corrected chi connectivity index (χ1v) is 8.51. The van der Waals surface area contributed by atoms with E-state index in [9.17, 15) is 19.1 Å². The van der Waals surface area contributed by atoms with Crippen LogP contribution >= 0.6 is 12.2 Å². The van der Waals surface area contributed by atoms with Gasteiger partial charge in [0.15, 0.2) is 0 Å². The number of hydrogen-bond acceptors (Lipinski definition) is 6. The molecule has 4 unspecified atom stereocenters. The van der Waals surface area contributed by atoms with Crippen LogP contribution in [0.25, 0.3) is 0 Å². The molecule has 7 nitrogen and oxygen atoms in total. The average Bonchev–Trinajstić information content (AvgIpc) is 3.13. The summed E-state index contributed by atoms with van der Waals surface area (Å²) in [6.07, 6.45) is -0.376. The van der Waals surface area contributed by atoms with Crippen LogP contribution in [0.2, 0.25) is 0 Å². The monoisotopic (exact) mass is 383 g/mol. The molecule has 2 fully saturated rings. The summed E-state index contributed by atoms with van der Waals surface area (Å²) < 4.78 is 28.7. The maximum absolute atomic E-state index is 12.9. The van der Waals surface area contributed by atoms with Crippen molar-refractivity contribution in [1.82, 2.24) is 4.90 Å². The van der Waals surface area contributed by atoms with Crippen molar-refractivity contribution in [2.75, 3.05) is 13.7 Å². The summed E-state index contributed by atoms with van der Waals surface area (Å²) in [4.78, 5) is 24.5. The SMILES string of the molecule is COC(=O)C1C2CC(OC(=S)Oc3ccc(F)cc3)CC2CN1C(=O)O. The minimum Gasteiger partial charge on any atom is -0.467 e. The molecule has 0 bridgehead atoms. The molecule has 0 radical (unpaired) electrons. The molecule has 1 amide bonds. The van der Waals surface area contributed by atoms with E-state index in [4.69, 9.17) is 26.4 Å². The van der Waals surface area contributed by atoms with Gasteiger partial charge in [-0.25, -0.2) is 14.0 Å². The Morgan fingerprint density at radius 3 is 2.58 bits per heavy atom. The fourth-order valence-electron chi connectivity index (χ4n) is 3.77. The number of hydrogen-bond donors (Lipinski definition) is 1. The van der Waals surface area contributed by atoms with Gasteiger partial charge >= 0.3 is 17.3 Å². The lowest BCUT2D eigenvalue weighted by Gasteiger charge is -2.24. The molecule has 0 aromatic heterocycles. The Kier molecular flexibility index (Phi) is 5.26. The van der Waals surface area contributed by atoms with Crippen molar-refractivity contribution in [3.63, 3.8) is 0 Å². The third kappa shape index (κ3) is 3.72. The second-order valence-electron chi connectivity index (χ2n) is 6.34. The van der Waals surface area contributed by atoms with E-state index in [-0.39, 0.29) is 35.5 Å². The Balaban J connectivity index is 1.60. The fraction of sp³-hybridized carbons (Fsp3) is 0.471. The summed E-state index contributed by atoms with van der Waals surface area (Å²) in [5.74, 6) is -0.777. The predicted molar refractivity (Wildman–Crippen MR) is 91.2 cm³/mol. The molecule has 4 atom stereocenters. The van der Waals surface area contributed by atoms with Crippen LogP contribution in [0.5, 0.6) is 5.75 Å². The van der Waals surface area contributed by atoms with Gasteiger partial charge in [0.1, 0.15) is 23.7 Å². The molecule has 1 N–H and O–H groups in total. The Morgan fingerprint density at radius 1 is 1.27 bits per heavy atom. The first kappa shape index (κ1) is 18.4. The van der Waals surface area contributed by atoms with Crippen LogP contribution in [0, 0.1) is 17.7 Å². The van der Waals surface area contributed by atoms with E-state index in [1.807, 2.05) is 0 Å². The average molecular weight is 383 g/mol. The van der Waals surface area contributed by atoms with E-state index in [0.717, 1.165) is 4.90 Å². The normalized spacial score (nSPS) is 26.9. The van der Waals surface area contributed by atoms with Crippen LogP contribution in [-0.2, 0) is 14.3 Å². The Bertz CT molecular complexity index is 712. The van der Waals surface area contributed by atoms with E-state index in [2.05, 4.69) is 0 Å². The third-order valence-electron chi connectivity index (χ3n) is 4.84. The lowest BCUT2D eigenvalue weighted by Crippen LogP contribution is -2.43. The number of thiocarbonyl (C=S) groups is 1. The van der Waals surface area contributed by atoms with Gasteiger partial charge in [0.05, 0.1) is 7.11 Å². The van der Waals surface area contributed by atoms with Crippen molar-refractivity contribution in [3.8, 4) is 5.75 Å². The predicted octanol–water partition coefficient (Wildman–Crippen LogP) is 2.44. The van der Waals surface area contributed by atoms with Gasteiger partial charge in [-0.2, -0.15) is 0 Å². The number of amides is 1. The first-order valence-electron chi connectivity index (χ1n) is 8.10. The molecule has 1 aliphatic heterocycles. The molecule has 1 aromatic carbocycles. The molecule has 1 aromatic rings. The number of benzene rings is 1. The van der Waals surface area contributed by atoms with Gasteiger partial charge in [0, 0.05) is 18.8 Å². The topological polar surface area (TPSA) is 85.3 Å². The molecular weight excluding hydrogens is 365 g/mol. The van der Waals surface area contributed by atoms with Crippen molar-refractivity contribution < 1.29 is 33.3 Å². The molecule has 1 aliphatic carbocycles. The van der Waals surface area contributed by atoms with Gasteiger partial charge in [-0.15, -0.1) is 0 Å². The first-order chi connectivity index (χ1) is 12.4. The van der Waals surface area contributed by atoms with Crippen LogP contribution < -0.4 is 4.74 Å². The number of nitrogens with zero attached hydrogens (tertiary/aromatic N) is 1. The van der Waals surface area contributed by atoms with Crippen LogP contribution in [0.1, 0.15) is 12.8 Å². The van der Waals surface area contributed by atoms with Crippen molar-refractivity contribution in [2.45, 2.75) is 25.0 Å². The zero-order valence-corrected chi connectivity index (χ0v) is 14.8. The molecule has 3 rings (SSSR count). The summed E-state index contributed by atoms with van der Waals surface area (Å²) in [7, 11) is 1.24. The largest absolute Gasteiger partial charge is 0.467 e. The van der Waals surface area contributed by atoms with E-state index in [1.165, 1.54) is 31.4 Å². The van der Waals surface area contributed by atoms with Crippen molar-refractivity contribution >= 4 is 29.5 Å². The van der Waals surface area contributed by atoms with Crippen molar-refractivity contribution in [1.29, 1.82) is 0 Å². The van der Waals surface area contributed by atoms with Gasteiger partial charge < -0.3 is 19.3 Å². The fourth-order valence-corrected chi connectivity index (χ4v) is 4.01. The van der Waals surface area contributed by atoms with Crippen molar-refractivity contribution in [3.05, 3.63) is 30.1 Å². The lowest BCUT2D eigenvalue weighted by atomic mass is 9.94. The lowest BCUT2D eigenvalue weighted by molar-refractivity contribution is -0.146.